The van der Waals surface area contributed by atoms with Gasteiger partial charge in [-0.15, -0.1) is 0 Å². The van der Waals surface area contributed by atoms with Gasteiger partial charge in [-0.3, -0.25) is 4.79 Å². The van der Waals surface area contributed by atoms with Gasteiger partial charge in [-0.2, -0.15) is 0 Å². The van der Waals surface area contributed by atoms with Crippen LogP contribution in [-0.4, -0.2) is 21.6 Å². The molecule has 4 rings (SSSR count). The molecule has 0 saturated carbocycles. The number of hydrogen-bond donors (Lipinski definition) is 2. The Morgan fingerprint density at radius 2 is 1.49 bits per heavy atom. The number of carbonyl (C=O) groups excluding carboxylic acids is 1. The number of carbonyl (C=O) groups is 1. The second-order valence-corrected chi connectivity index (χ2v) is 9.60. The number of aromatic nitrogens is 2. The van der Waals surface area contributed by atoms with E-state index in [0.717, 1.165) is 51.9 Å². The number of hydrogen-bond acceptors (Lipinski definition) is 4. The molecule has 4 aromatic rings. The minimum absolute atomic E-state index is 0.00156. The molecule has 1 heterocycles. The molecule has 3 aromatic carbocycles. The fourth-order valence-electron chi connectivity index (χ4n) is 4.11. The number of nitrogens with zero attached hydrogens (tertiary/aromatic N) is 1. The average Bonchev–Trinajstić information content (AvgIpc) is 3.33. The van der Waals surface area contributed by atoms with Crippen molar-refractivity contribution in [2.24, 2.45) is 0 Å². The van der Waals surface area contributed by atoms with E-state index in [2.05, 4.69) is 29.4 Å². The van der Waals surface area contributed by atoms with Crippen LogP contribution in [0, 0.1) is 0 Å². The van der Waals surface area contributed by atoms with Gasteiger partial charge in [-0.05, 0) is 30.3 Å². The van der Waals surface area contributed by atoms with Crippen molar-refractivity contribution in [3.8, 4) is 22.5 Å². The summed E-state index contributed by atoms with van der Waals surface area (Å²) < 4.78 is 0. The molecule has 35 heavy (non-hydrogen) atoms. The largest absolute Gasteiger partial charge is 0.332 e. The molecule has 180 valence electrons. The van der Waals surface area contributed by atoms with E-state index in [1.807, 2.05) is 72.8 Å². The number of rotatable bonds is 12. The molecule has 0 atom stereocenters. The average molecular weight is 484 g/mol. The van der Waals surface area contributed by atoms with Crippen LogP contribution in [0.4, 0.5) is 0 Å². The van der Waals surface area contributed by atoms with Crippen molar-refractivity contribution < 1.29 is 4.79 Å². The van der Waals surface area contributed by atoms with Gasteiger partial charge < -0.3 is 10.3 Å². The number of aromatic amines is 1. The quantitative estimate of drug-likeness (QED) is 0.160. The Balaban J connectivity index is 1.48. The maximum Gasteiger partial charge on any atom is 0.227 e. The summed E-state index contributed by atoms with van der Waals surface area (Å²) in [5.74, 6) is 0. The second-order valence-electron chi connectivity index (χ2n) is 8.64. The molecular weight excluding hydrogens is 450 g/mol. The topological polar surface area (TPSA) is 57.8 Å². The van der Waals surface area contributed by atoms with E-state index in [0.29, 0.717) is 11.7 Å². The van der Waals surface area contributed by atoms with Gasteiger partial charge in [0.2, 0.25) is 5.12 Å². The number of nitrogens with one attached hydrogen (secondary N) is 2. The lowest BCUT2D eigenvalue weighted by Crippen LogP contribution is -2.16. The zero-order valence-electron chi connectivity index (χ0n) is 20.3. The number of thioether (sulfide) groups is 1. The highest BCUT2D eigenvalue weighted by molar-refractivity contribution is 8.14. The van der Waals surface area contributed by atoms with Crippen molar-refractivity contribution in [1.82, 2.24) is 15.3 Å². The summed E-state index contributed by atoms with van der Waals surface area (Å²) in [4.78, 5) is 21.6. The molecule has 0 unspecified atom stereocenters. The molecule has 0 aliphatic carbocycles. The number of imidazole rings is 1. The van der Waals surface area contributed by atoms with Gasteiger partial charge in [-0.25, -0.2) is 4.98 Å². The second kappa shape index (κ2) is 13.1. The van der Waals surface area contributed by atoms with E-state index in [1.54, 1.807) is 0 Å². The Morgan fingerprint density at radius 3 is 2.23 bits per heavy atom. The summed E-state index contributed by atoms with van der Waals surface area (Å²) in [6.45, 7) is 3.90. The van der Waals surface area contributed by atoms with Crippen LogP contribution in [0.3, 0.4) is 0 Å². The molecule has 0 saturated heterocycles. The predicted molar refractivity (Wildman–Crippen MR) is 147 cm³/mol. The maximum atomic E-state index is 13.3. The molecule has 1 aromatic heterocycles. The van der Waals surface area contributed by atoms with Crippen molar-refractivity contribution >= 4 is 16.9 Å². The molecule has 0 aliphatic heterocycles. The van der Waals surface area contributed by atoms with Crippen molar-refractivity contribution in [3.05, 3.63) is 96.1 Å². The minimum Gasteiger partial charge on any atom is -0.332 e. The lowest BCUT2D eigenvalue weighted by molar-refractivity contribution is 0.108. The van der Waals surface area contributed by atoms with Gasteiger partial charge in [0.05, 0.1) is 11.4 Å². The van der Waals surface area contributed by atoms with Crippen molar-refractivity contribution in [2.75, 3.05) is 6.54 Å². The van der Waals surface area contributed by atoms with Crippen LogP contribution >= 0.6 is 11.8 Å². The fourth-order valence-corrected chi connectivity index (χ4v) is 4.89. The fraction of sp³-hybridized carbons (Fsp3) is 0.267. The van der Waals surface area contributed by atoms with Crippen LogP contribution in [0.25, 0.3) is 22.5 Å². The lowest BCUT2D eigenvalue weighted by atomic mass is 10.1. The highest BCUT2D eigenvalue weighted by atomic mass is 32.2. The van der Waals surface area contributed by atoms with Gasteiger partial charge >= 0.3 is 0 Å². The summed E-state index contributed by atoms with van der Waals surface area (Å²) in [5, 5.41) is 4.11. The molecule has 0 bridgehead atoms. The van der Waals surface area contributed by atoms with E-state index in [9.17, 15) is 4.79 Å². The van der Waals surface area contributed by atoms with Crippen molar-refractivity contribution in [3.63, 3.8) is 0 Å². The molecule has 4 nitrogen and oxygen atoms in total. The smallest absolute Gasteiger partial charge is 0.227 e. The zero-order valence-corrected chi connectivity index (χ0v) is 21.1. The zero-order chi connectivity index (χ0) is 24.3. The summed E-state index contributed by atoms with van der Waals surface area (Å²) in [7, 11) is 0. The summed E-state index contributed by atoms with van der Waals surface area (Å²) in [6.07, 6.45) is 6.28. The summed E-state index contributed by atoms with van der Waals surface area (Å²) in [5.41, 5.74) is 5.59. The first-order valence-corrected chi connectivity index (χ1v) is 13.3. The Labute approximate surface area is 212 Å². The van der Waals surface area contributed by atoms with Crippen LogP contribution in [0.5, 0.6) is 0 Å². The molecule has 0 spiro atoms. The molecule has 0 radical (unpaired) electrons. The monoisotopic (exact) mass is 483 g/mol. The summed E-state index contributed by atoms with van der Waals surface area (Å²) in [6, 6.07) is 28.1. The van der Waals surface area contributed by atoms with Crippen LogP contribution in [0.2, 0.25) is 0 Å². The predicted octanol–water partition coefficient (Wildman–Crippen LogP) is 7.74. The number of unbranched alkanes of at least 4 members (excludes halogenated alkanes) is 4. The molecule has 0 fully saturated rings. The number of benzene rings is 3. The van der Waals surface area contributed by atoms with E-state index < -0.39 is 0 Å². The number of H-pyrrole nitrogens is 1. The van der Waals surface area contributed by atoms with Crippen LogP contribution in [0.1, 0.15) is 54.9 Å². The first kappa shape index (κ1) is 25.0. The minimum atomic E-state index is -0.00156. The normalized spacial score (nSPS) is 11.0. The highest BCUT2D eigenvalue weighted by Gasteiger charge is 2.19. The SMILES string of the molecule is CCCCCCCNCc1ccccc1C(=O)Sc1nc(-c2ccccc2)c(-c2ccccc2)[nH]1. The van der Waals surface area contributed by atoms with E-state index in [4.69, 9.17) is 4.98 Å². The third-order valence-electron chi connectivity index (χ3n) is 5.99. The first-order valence-electron chi connectivity index (χ1n) is 12.5. The van der Waals surface area contributed by atoms with Crippen molar-refractivity contribution in [1.29, 1.82) is 0 Å². The standard InChI is InChI=1S/C30H33N3OS/c1-2-3-4-5-14-21-31-22-25-19-12-13-20-26(25)29(34)35-30-32-27(23-15-8-6-9-16-23)28(33-30)24-17-10-7-11-18-24/h6-13,15-20,31H,2-5,14,21-22H2,1H3,(H,32,33). The van der Waals surface area contributed by atoms with Gasteiger partial charge in [0.15, 0.2) is 5.16 Å². The van der Waals surface area contributed by atoms with Crippen LogP contribution < -0.4 is 5.32 Å². The maximum absolute atomic E-state index is 13.3. The van der Waals surface area contributed by atoms with Crippen molar-refractivity contribution in [2.45, 2.75) is 50.7 Å². The Bertz CT molecular complexity index is 1150. The van der Waals surface area contributed by atoms with E-state index in [-0.39, 0.29) is 5.12 Å². The van der Waals surface area contributed by atoms with Crippen LogP contribution in [0.15, 0.2) is 90.1 Å². The Hall–Kier alpha value is -3.15. The molecule has 5 heteroatoms. The van der Waals surface area contributed by atoms with Gasteiger partial charge in [0.1, 0.15) is 0 Å². The summed E-state index contributed by atoms with van der Waals surface area (Å²) >= 11 is 1.15. The van der Waals surface area contributed by atoms with E-state index >= 15 is 0 Å². The van der Waals surface area contributed by atoms with E-state index in [1.165, 1.54) is 32.1 Å². The first-order chi connectivity index (χ1) is 17.3. The van der Waals surface area contributed by atoms with Gasteiger partial charge in [0, 0.05) is 23.2 Å². The highest BCUT2D eigenvalue weighted by Crippen LogP contribution is 2.33. The molecule has 0 amide bonds. The Morgan fingerprint density at radius 1 is 0.829 bits per heavy atom. The third-order valence-corrected chi connectivity index (χ3v) is 6.78. The Kier molecular flexibility index (Phi) is 9.32. The molecule has 2 N–H and O–H groups in total. The van der Waals surface area contributed by atoms with Gasteiger partial charge in [-0.1, -0.05) is 118 Å². The third kappa shape index (κ3) is 6.93. The lowest BCUT2D eigenvalue weighted by Gasteiger charge is -2.09. The van der Waals surface area contributed by atoms with Gasteiger partial charge in [0.25, 0.3) is 0 Å². The molecular formula is C30H33N3OS. The molecule has 0 aliphatic rings. The van der Waals surface area contributed by atoms with Crippen LogP contribution in [-0.2, 0) is 6.54 Å².